The summed E-state index contributed by atoms with van der Waals surface area (Å²) in [6.07, 6.45) is 2.19. The molecule has 1 aromatic carbocycles. The van der Waals surface area contributed by atoms with Gasteiger partial charge in [-0.05, 0) is 31.0 Å². The van der Waals surface area contributed by atoms with Crippen molar-refractivity contribution in [1.82, 2.24) is 20.5 Å². The van der Waals surface area contributed by atoms with E-state index in [1.807, 2.05) is 13.0 Å². The van der Waals surface area contributed by atoms with E-state index in [1.165, 1.54) is 6.33 Å². The predicted molar refractivity (Wildman–Crippen MR) is 81.7 cm³/mol. The molecule has 1 aliphatic rings. The first kappa shape index (κ1) is 15.0. The molecule has 1 aliphatic heterocycles. The lowest BCUT2D eigenvalue weighted by atomic mass is 10.0. The fourth-order valence-electron chi connectivity index (χ4n) is 2.66. The van der Waals surface area contributed by atoms with Crippen molar-refractivity contribution in [2.24, 2.45) is 5.92 Å². The largest absolute Gasteiger partial charge is 0.370 e. The van der Waals surface area contributed by atoms with Gasteiger partial charge in [0.25, 0.3) is 5.91 Å². The number of aromatic nitrogens is 3. The van der Waals surface area contributed by atoms with Gasteiger partial charge in [-0.2, -0.15) is 5.10 Å². The Morgan fingerprint density at radius 3 is 3.18 bits per heavy atom. The smallest absolute Gasteiger partial charge is 0.251 e. The monoisotopic (exact) mass is 320 g/mol. The number of ether oxygens (including phenoxy) is 1. The molecule has 0 aliphatic carbocycles. The van der Waals surface area contributed by atoms with Crippen LogP contribution in [0.5, 0.6) is 0 Å². The maximum absolute atomic E-state index is 12.3. The normalized spacial score (nSPS) is 21.0. The molecular formula is C15H17ClN4O2. The van der Waals surface area contributed by atoms with Crippen molar-refractivity contribution in [3.63, 3.8) is 0 Å². The van der Waals surface area contributed by atoms with E-state index in [0.717, 1.165) is 12.0 Å². The van der Waals surface area contributed by atoms with E-state index in [2.05, 4.69) is 20.5 Å². The fourth-order valence-corrected chi connectivity index (χ4v) is 2.83. The molecular weight excluding hydrogens is 304 g/mol. The van der Waals surface area contributed by atoms with Crippen molar-refractivity contribution in [3.05, 3.63) is 46.5 Å². The first-order valence-electron chi connectivity index (χ1n) is 7.16. The average molecular weight is 321 g/mol. The minimum absolute atomic E-state index is 0.122. The second-order valence-corrected chi connectivity index (χ2v) is 5.82. The van der Waals surface area contributed by atoms with Gasteiger partial charge in [-0.3, -0.25) is 9.89 Å². The van der Waals surface area contributed by atoms with Gasteiger partial charge in [-0.1, -0.05) is 17.7 Å². The summed E-state index contributed by atoms with van der Waals surface area (Å²) in [7, 11) is 0. The van der Waals surface area contributed by atoms with Gasteiger partial charge in [0.1, 0.15) is 12.4 Å². The highest BCUT2D eigenvalue weighted by molar-refractivity contribution is 6.31. The number of benzene rings is 1. The third-order valence-corrected chi connectivity index (χ3v) is 4.12. The van der Waals surface area contributed by atoms with Gasteiger partial charge in [-0.15, -0.1) is 0 Å². The number of aromatic amines is 1. The molecule has 2 atom stereocenters. The van der Waals surface area contributed by atoms with Crippen LogP contribution in [0, 0.1) is 12.8 Å². The van der Waals surface area contributed by atoms with Crippen LogP contribution in [0.25, 0.3) is 0 Å². The van der Waals surface area contributed by atoms with E-state index in [-0.39, 0.29) is 17.9 Å². The fraction of sp³-hybridized carbons (Fsp3) is 0.400. The number of halogens is 1. The summed E-state index contributed by atoms with van der Waals surface area (Å²) >= 11 is 5.96. The van der Waals surface area contributed by atoms with Crippen LogP contribution in [-0.2, 0) is 4.74 Å². The molecule has 0 saturated carbocycles. The molecule has 0 radical (unpaired) electrons. The van der Waals surface area contributed by atoms with Crippen molar-refractivity contribution >= 4 is 17.5 Å². The lowest BCUT2D eigenvalue weighted by Gasteiger charge is -2.17. The van der Waals surface area contributed by atoms with Crippen LogP contribution >= 0.6 is 11.6 Å². The molecule has 7 heteroatoms. The molecule has 0 spiro atoms. The van der Waals surface area contributed by atoms with E-state index in [0.29, 0.717) is 29.6 Å². The highest BCUT2D eigenvalue weighted by Crippen LogP contribution is 2.31. The molecule has 22 heavy (non-hydrogen) atoms. The van der Waals surface area contributed by atoms with Gasteiger partial charge >= 0.3 is 0 Å². The maximum Gasteiger partial charge on any atom is 0.251 e. The number of carbonyl (C=O) groups is 1. The highest BCUT2D eigenvalue weighted by atomic mass is 35.5. The number of hydrogen-bond acceptors (Lipinski definition) is 4. The first-order valence-corrected chi connectivity index (χ1v) is 7.54. The van der Waals surface area contributed by atoms with Gasteiger partial charge in [0.05, 0.1) is 0 Å². The van der Waals surface area contributed by atoms with Crippen LogP contribution in [0.2, 0.25) is 5.02 Å². The number of amides is 1. The Bertz CT molecular complexity index is 660. The average Bonchev–Trinajstić information content (AvgIpc) is 3.17. The first-order chi connectivity index (χ1) is 10.6. The van der Waals surface area contributed by atoms with Gasteiger partial charge in [-0.25, -0.2) is 4.98 Å². The van der Waals surface area contributed by atoms with E-state index < -0.39 is 0 Å². The van der Waals surface area contributed by atoms with Crippen molar-refractivity contribution < 1.29 is 9.53 Å². The zero-order valence-electron chi connectivity index (χ0n) is 12.2. The zero-order valence-corrected chi connectivity index (χ0v) is 12.9. The molecule has 0 unspecified atom stereocenters. The van der Waals surface area contributed by atoms with Crippen molar-refractivity contribution in [2.75, 3.05) is 13.2 Å². The topological polar surface area (TPSA) is 79.9 Å². The lowest BCUT2D eigenvalue weighted by molar-refractivity contribution is 0.0798. The summed E-state index contributed by atoms with van der Waals surface area (Å²) in [6, 6.07) is 5.30. The molecule has 1 fully saturated rings. The number of H-pyrrole nitrogens is 1. The number of carbonyl (C=O) groups excluding carboxylic acids is 1. The van der Waals surface area contributed by atoms with Gasteiger partial charge in [0.15, 0.2) is 5.82 Å². The Balaban J connectivity index is 1.64. The summed E-state index contributed by atoms with van der Waals surface area (Å²) in [5, 5.41) is 10.2. The summed E-state index contributed by atoms with van der Waals surface area (Å²) in [4.78, 5) is 16.5. The Morgan fingerprint density at radius 1 is 1.55 bits per heavy atom. The van der Waals surface area contributed by atoms with E-state index in [1.54, 1.807) is 12.1 Å². The SMILES string of the molecule is Cc1ccc(Cl)cc1C(=O)NC[C@@H]1CCO[C@@H]1c1ncn[nH]1. The second kappa shape index (κ2) is 6.46. The molecule has 2 N–H and O–H groups in total. The van der Waals surface area contributed by atoms with Crippen LogP contribution < -0.4 is 5.32 Å². The summed E-state index contributed by atoms with van der Waals surface area (Å²) in [5.41, 5.74) is 1.50. The summed E-state index contributed by atoms with van der Waals surface area (Å²) < 4.78 is 5.68. The van der Waals surface area contributed by atoms with Crippen LogP contribution in [0.15, 0.2) is 24.5 Å². The number of nitrogens with zero attached hydrogens (tertiary/aromatic N) is 2. The van der Waals surface area contributed by atoms with Gasteiger partial charge in [0.2, 0.25) is 0 Å². The Kier molecular flexibility index (Phi) is 4.40. The molecule has 3 rings (SSSR count). The van der Waals surface area contributed by atoms with Crippen LogP contribution in [0.4, 0.5) is 0 Å². The van der Waals surface area contributed by atoms with Gasteiger partial charge < -0.3 is 10.1 Å². The summed E-state index contributed by atoms with van der Waals surface area (Å²) in [5.74, 6) is 0.760. The molecule has 116 valence electrons. The number of nitrogens with one attached hydrogen (secondary N) is 2. The number of aryl methyl sites for hydroxylation is 1. The molecule has 1 aromatic heterocycles. The van der Waals surface area contributed by atoms with Crippen molar-refractivity contribution in [3.8, 4) is 0 Å². The van der Waals surface area contributed by atoms with Crippen LogP contribution in [0.3, 0.4) is 0 Å². The summed E-state index contributed by atoms with van der Waals surface area (Å²) in [6.45, 7) is 3.07. The molecule has 6 nitrogen and oxygen atoms in total. The van der Waals surface area contributed by atoms with E-state index >= 15 is 0 Å². The number of rotatable bonds is 4. The molecule has 0 bridgehead atoms. The Morgan fingerprint density at radius 2 is 2.41 bits per heavy atom. The van der Waals surface area contributed by atoms with Gasteiger partial charge in [0, 0.05) is 29.7 Å². The Labute approximate surface area is 133 Å². The lowest BCUT2D eigenvalue weighted by Crippen LogP contribution is -2.31. The Hall–Kier alpha value is -1.92. The minimum atomic E-state index is -0.150. The predicted octanol–water partition coefficient (Wildman–Crippen LogP) is 2.27. The highest BCUT2D eigenvalue weighted by Gasteiger charge is 2.32. The van der Waals surface area contributed by atoms with Crippen LogP contribution in [0.1, 0.15) is 34.3 Å². The standard InChI is InChI=1S/C15H17ClN4O2/c1-9-2-3-11(16)6-12(9)15(21)17-7-10-4-5-22-13(10)14-18-8-19-20-14/h2-3,6,8,10,13H,4-5,7H2,1H3,(H,17,21)(H,18,19,20)/t10-,13-/m0/s1. The van der Waals surface area contributed by atoms with Crippen molar-refractivity contribution in [1.29, 1.82) is 0 Å². The third-order valence-electron chi connectivity index (χ3n) is 3.89. The quantitative estimate of drug-likeness (QED) is 0.905. The second-order valence-electron chi connectivity index (χ2n) is 5.38. The minimum Gasteiger partial charge on any atom is -0.370 e. The maximum atomic E-state index is 12.3. The van der Waals surface area contributed by atoms with E-state index in [4.69, 9.17) is 16.3 Å². The molecule has 2 aromatic rings. The molecule has 1 saturated heterocycles. The molecule has 2 heterocycles. The third kappa shape index (κ3) is 3.13. The number of hydrogen-bond donors (Lipinski definition) is 2. The van der Waals surface area contributed by atoms with Crippen molar-refractivity contribution in [2.45, 2.75) is 19.4 Å². The zero-order chi connectivity index (χ0) is 15.5. The molecule has 1 amide bonds. The van der Waals surface area contributed by atoms with Crippen LogP contribution in [-0.4, -0.2) is 34.2 Å². The van der Waals surface area contributed by atoms with E-state index in [9.17, 15) is 4.79 Å².